The van der Waals surface area contributed by atoms with Gasteiger partial charge in [-0.2, -0.15) is 24.7 Å². The molecule has 2 aliphatic rings. The van der Waals surface area contributed by atoms with Crippen molar-refractivity contribution in [3.8, 4) is 5.75 Å². The minimum atomic E-state index is -0.460. The quantitative estimate of drug-likeness (QED) is 0.558. The fourth-order valence-corrected chi connectivity index (χ4v) is 4.78. The monoisotopic (exact) mass is 479 g/mol. The van der Waals surface area contributed by atoms with Gasteiger partial charge in [0.2, 0.25) is 10.1 Å². The fraction of sp³-hybridized carbons (Fsp3) is 0.190. The molecule has 0 unspecified atom stereocenters. The topological polar surface area (TPSA) is 125 Å². The maximum absolute atomic E-state index is 12.4. The number of amidine groups is 2. The molecule has 3 aromatic rings. The maximum Gasteiger partial charge on any atom is 0.283 e. The lowest BCUT2D eigenvalue weighted by atomic mass is 10.1. The lowest BCUT2D eigenvalue weighted by Crippen LogP contribution is -2.35. The summed E-state index contributed by atoms with van der Waals surface area (Å²) < 4.78 is 7.04. The van der Waals surface area contributed by atoms with Crippen molar-refractivity contribution in [1.82, 2.24) is 19.6 Å². The summed E-state index contributed by atoms with van der Waals surface area (Å²) in [5.41, 5.74) is 1.16. The van der Waals surface area contributed by atoms with Crippen molar-refractivity contribution in [2.24, 2.45) is 10.1 Å². The summed E-state index contributed by atoms with van der Waals surface area (Å²) in [6, 6.07) is 8.46. The standard InChI is InChI=1S/C21H17N7O3S2/c1-3-16-26-28-18(22)15(19(30)24-21(28)33-16)8-12-4-6-14(7-5-12)31-10-13-9-17(29)27-20(23-13)32-11(2)25-27/h4-9,22H,3,10H2,1-2H3/b15-8+,22-18?. The number of nitrogens with zero attached hydrogens (tertiary/aromatic N) is 6. The number of hydrogen-bond donors (Lipinski definition) is 1. The SMILES string of the molecule is CCC1=NN2C(=N)/C(=C\c3ccc(OCc4cc(=O)n5nc(C)sc5n4)cc3)C(=O)N=C2S1. The van der Waals surface area contributed by atoms with Gasteiger partial charge in [-0.25, -0.2) is 4.98 Å². The first-order valence-electron chi connectivity index (χ1n) is 9.99. The average Bonchev–Trinajstić information content (AvgIpc) is 3.39. The lowest BCUT2D eigenvalue weighted by Gasteiger charge is -2.20. The molecule has 2 aliphatic heterocycles. The first-order chi connectivity index (χ1) is 15.9. The van der Waals surface area contributed by atoms with E-state index >= 15 is 0 Å². The normalized spacial score (nSPS) is 16.9. The number of nitrogens with one attached hydrogen (secondary N) is 1. The molecule has 0 saturated carbocycles. The van der Waals surface area contributed by atoms with E-state index in [2.05, 4.69) is 20.2 Å². The van der Waals surface area contributed by atoms with E-state index in [9.17, 15) is 9.59 Å². The maximum atomic E-state index is 12.4. The third-order valence-electron chi connectivity index (χ3n) is 4.78. The van der Waals surface area contributed by atoms with E-state index in [1.165, 1.54) is 38.7 Å². The first-order valence-corrected chi connectivity index (χ1v) is 11.6. The van der Waals surface area contributed by atoms with Crippen molar-refractivity contribution in [3.63, 3.8) is 0 Å². The number of aromatic nitrogens is 3. The number of fused-ring (bicyclic) bond motifs is 2. The van der Waals surface area contributed by atoms with Crippen molar-refractivity contribution in [3.05, 3.63) is 62.5 Å². The highest BCUT2D eigenvalue weighted by Crippen LogP contribution is 2.29. The zero-order chi connectivity index (χ0) is 23.1. The molecule has 5 rings (SSSR count). The van der Waals surface area contributed by atoms with Crippen LogP contribution in [-0.2, 0) is 11.4 Å². The van der Waals surface area contributed by atoms with E-state index in [1.807, 2.05) is 13.8 Å². The zero-order valence-corrected chi connectivity index (χ0v) is 19.2. The molecule has 0 saturated heterocycles. The zero-order valence-electron chi connectivity index (χ0n) is 17.6. The highest BCUT2D eigenvalue weighted by molar-refractivity contribution is 8.26. The molecule has 166 valence electrons. The van der Waals surface area contributed by atoms with Crippen molar-refractivity contribution < 1.29 is 9.53 Å². The molecule has 10 nitrogen and oxygen atoms in total. The van der Waals surface area contributed by atoms with Crippen LogP contribution in [0.2, 0.25) is 0 Å². The Kier molecular flexibility index (Phi) is 5.38. The summed E-state index contributed by atoms with van der Waals surface area (Å²) >= 11 is 2.65. The fourth-order valence-electron chi connectivity index (χ4n) is 3.18. The minimum Gasteiger partial charge on any atom is -0.487 e. The predicted molar refractivity (Wildman–Crippen MR) is 128 cm³/mol. The third-order valence-corrected chi connectivity index (χ3v) is 6.65. The molecule has 0 spiro atoms. The van der Waals surface area contributed by atoms with Crippen LogP contribution in [0.4, 0.5) is 0 Å². The Labute approximate surface area is 195 Å². The largest absolute Gasteiger partial charge is 0.487 e. The molecule has 0 bridgehead atoms. The van der Waals surface area contributed by atoms with Crippen molar-refractivity contribution >= 4 is 56.1 Å². The molecule has 12 heteroatoms. The van der Waals surface area contributed by atoms with E-state index in [4.69, 9.17) is 10.1 Å². The number of hydrogen-bond acceptors (Lipinski definition) is 9. The van der Waals surface area contributed by atoms with E-state index in [0.717, 1.165) is 15.6 Å². The van der Waals surface area contributed by atoms with Gasteiger partial charge in [-0.1, -0.05) is 30.4 Å². The molecular formula is C21H17N7O3S2. The Bertz CT molecular complexity index is 1450. The molecule has 1 N–H and O–H groups in total. The highest BCUT2D eigenvalue weighted by Gasteiger charge is 2.35. The van der Waals surface area contributed by atoms with Crippen molar-refractivity contribution in [2.45, 2.75) is 26.9 Å². The number of aryl methyl sites for hydroxylation is 1. The second kappa shape index (κ2) is 8.37. The molecule has 4 heterocycles. The van der Waals surface area contributed by atoms with E-state index < -0.39 is 5.91 Å². The number of carbonyl (C=O) groups excluding carboxylic acids is 1. The Balaban J connectivity index is 1.30. The molecule has 0 aliphatic carbocycles. The summed E-state index contributed by atoms with van der Waals surface area (Å²) in [6.45, 7) is 3.91. The average molecular weight is 480 g/mol. The summed E-state index contributed by atoms with van der Waals surface area (Å²) in [5, 5.41) is 20.2. The Morgan fingerprint density at radius 2 is 2.00 bits per heavy atom. The third kappa shape index (κ3) is 4.10. The first kappa shape index (κ1) is 21.2. The van der Waals surface area contributed by atoms with Gasteiger partial charge >= 0.3 is 0 Å². The molecule has 0 fully saturated rings. The van der Waals surface area contributed by atoms with Crippen molar-refractivity contribution in [2.75, 3.05) is 0 Å². The van der Waals surface area contributed by atoms with Crippen LogP contribution in [0.1, 0.15) is 29.6 Å². The molecule has 0 atom stereocenters. The van der Waals surface area contributed by atoms with Gasteiger partial charge in [-0.05, 0) is 48.9 Å². The second-order valence-corrected chi connectivity index (χ2v) is 9.33. The number of ether oxygens (including phenoxy) is 1. The summed E-state index contributed by atoms with van der Waals surface area (Å²) in [5.74, 6) is 0.128. The lowest BCUT2D eigenvalue weighted by molar-refractivity contribution is -0.114. The Morgan fingerprint density at radius 3 is 2.76 bits per heavy atom. The second-order valence-electron chi connectivity index (χ2n) is 7.13. The van der Waals surface area contributed by atoms with Gasteiger partial charge in [-0.15, -0.1) is 0 Å². The molecule has 33 heavy (non-hydrogen) atoms. The predicted octanol–water partition coefficient (Wildman–Crippen LogP) is 3.07. The van der Waals surface area contributed by atoms with Gasteiger partial charge in [0.05, 0.1) is 11.3 Å². The van der Waals surface area contributed by atoms with Gasteiger partial charge < -0.3 is 4.74 Å². The van der Waals surface area contributed by atoms with Crippen LogP contribution in [0.15, 0.2) is 50.8 Å². The minimum absolute atomic E-state index is 0.00679. The van der Waals surface area contributed by atoms with Crippen LogP contribution in [0, 0.1) is 12.3 Å². The number of carbonyl (C=O) groups is 1. The van der Waals surface area contributed by atoms with Crippen molar-refractivity contribution in [1.29, 1.82) is 5.41 Å². The van der Waals surface area contributed by atoms with Crippen LogP contribution in [0.25, 0.3) is 11.0 Å². The molecule has 2 aromatic heterocycles. The van der Waals surface area contributed by atoms with Gasteiger partial charge in [0.1, 0.15) is 22.4 Å². The smallest absolute Gasteiger partial charge is 0.283 e. The van der Waals surface area contributed by atoms with Crippen LogP contribution < -0.4 is 10.3 Å². The number of hydrazone groups is 1. The van der Waals surface area contributed by atoms with Gasteiger partial charge in [0, 0.05) is 6.07 Å². The highest BCUT2D eigenvalue weighted by atomic mass is 32.2. The number of thioether (sulfide) groups is 1. The summed E-state index contributed by atoms with van der Waals surface area (Å²) in [6.07, 6.45) is 2.33. The molecule has 1 aromatic carbocycles. The number of aliphatic imine (C=N–C) groups is 1. The van der Waals surface area contributed by atoms with Gasteiger partial charge in [0.15, 0.2) is 5.84 Å². The molecule has 0 radical (unpaired) electrons. The summed E-state index contributed by atoms with van der Waals surface area (Å²) in [7, 11) is 0. The number of benzene rings is 1. The van der Waals surface area contributed by atoms with E-state index in [-0.39, 0.29) is 23.6 Å². The van der Waals surface area contributed by atoms with Crippen LogP contribution in [-0.4, -0.2) is 41.6 Å². The Morgan fingerprint density at radius 1 is 1.21 bits per heavy atom. The van der Waals surface area contributed by atoms with Crippen LogP contribution >= 0.6 is 23.1 Å². The number of rotatable bonds is 5. The summed E-state index contributed by atoms with van der Waals surface area (Å²) in [4.78, 5) is 33.6. The number of amides is 1. The Hall–Kier alpha value is -3.64. The molecular weight excluding hydrogens is 462 g/mol. The van der Waals surface area contributed by atoms with Crippen LogP contribution in [0.5, 0.6) is 5.75 Å². The van der Waals surface area contributed by atoms with Gasteiger partial charge in [-0.3, -0.25) is 15.0 Å². The van der Waals surface area contributed by atoms with Crippen LogP contribution in [0.3, 0.4) is 0 Å². The van der Waals surface area contributed by atoms with E-state index in [0.29, 0.717) is 28.0 Å². The van der Waals surface area contributed by atoms with E-state index in [1.54, 1.807) is 30.3 Å². The van der Waals surface area contributed by atoms with Gasteiger partial charge in [0.25, 0.3) is 11.5 Å². The molecule has 1 amide bonds.